The van der Waals surface area contributed by atoms with Gasteiger partial charge in [0.25, 0.3) is 0 Å². The highest BCUT2D eigenvalue weighted by Gasteiger charge is 2.34. The van der Waals surface area contributed by atoms with Gasteiger partial charge in [-0.05, 0) is 18.1 Å². The number of aliphatic hydroxyl groups is 1. The number of carbonyl (C=O) groups is 2. The Morgan fingerprint density at radius 3 is 2.83 bits per heavy atom. The highest BCUT2D eigenvalue weighted by atomic mass is 32.1. The van der Waals surface area contributed by atoms with Crippen molar-refractivity contribution in [3.8, 4) is 10.4 Å². The van der Waals surface area contributed by atoms with Gasteiger partial charge in [0.1, 0.15) is 6.04 Å². The zero-order chi connectivity index (χ0) is 17.1. The minimum atomic E-state index is -0.632. The van der Waals surface area contributed by atoms with Gasteiger partial charge in [0.2, 0.25) is 12.3 Å². The number of aliphatic hydroxyl groups excluding tert-OH is 1. The van der Waals surface area contributed by atoms with Crippen LogP contribution in [0.3, 0.4) is 0 Å². The monoisotopic (exact) mass is 345 g/mol. The second-order valence-electron chi connectivity index (χ2n) is 5.89. The minimum Gasteiger partial charge on any atom is -0.391 e. The number of nitrogens with one attached hydrogen (secondary N) is 1. The molecule has 1 fully saturated rings. The van der Waals surface area contributed by atoms with Crippen LogP contribution in [0.2, 0.25) is 0 Å². The third-order valence-electron chi connectivity index (χ3n) is 4.18. The van der Waals surface area contributed by atoms with E-state index >= 15 is 0 Å². The maximum Gasteiger partial charge on any atom is 0.243 e. The standard InChI is InChI=1S/C17H19N3O3S/c1-11-16(24-9-19-11)13-4-2-12(3-5-13)7-18-17(23)15-6-14(22)8-20(15)10-21/h2-5,9-10,14-15,22H,6-8H2,1H3,(H,18,23). The lowest BCUT2D eigenvalue weighted by Gasteiger charge is -2.18. The Kier molecular flexibility index (Phi) is 4.92. The molecule has 1 saturated heterocycles. The van der Waals surface area contributed by atoms with Crippen LogP contribution in [-0.2, 0) is 16.1 Å². The highest BCUT2D eigenvalue weighted by Crippen LogP contribution is 2.27. The Bertz CT molecular complexity index is 729. The zero-order valence-electron chi connectivity index (χ0n) is 13.3. The summed E-state index contributed by atoms with van der Waals surface area (Å²) in [6.45, 7) is 2.58. The van der Waals surface area contributed by atoms with E-state index in [1.807, 2.05) is 36.7 Å². The van der Waals surface area contributed by atoms with E-state index in [9.17, 15) is 14.7 Å². The van der Waals surface area contributed by atoms with Crippen LogP contribution in [0.5, 0.6) is 0 Å². The summed E-state index contributed by atoms with van der Waals surface area (Å²) in [5, 5.41) is 12.4. The summed E-state index contributed by atoms with van der Waals surface area (Å²) in [5.41, 5.74) is 4.92. The summed E-state index contributed by atoms with van der Waals surface area (Å²) in [7, 11) is 0. The number of amides is 2. The molecule has 3 rings (SSSR count). The first-order valence-electron chi connectivity index (χ1n) is 7.74. The highest BCUT2D eigenvalue weighted by molar-refractivity contribution is 7.13. The van der Waals surface area contributed by atoms with Crippen molar-refractivity contribution in [2.24, 2.45) is 0 Å². The first-order valence-corrected chi connectivity index (χ1v) is 8.62. The van der Waals surface area contributed by atoms with Crippen molar-refractivity contribution >= 4 is 23.7 Å². The molecule has 1 aromatic carbocycles. The summed E-state index contributed by atoms with van der Waals surface area (Å²) in [6, 6.07) is 7.38. The molecular weight excluding hydrogens is 326 g/mol. The average molecular weight is 345 g/mol. The molecule has 7 heteroatoms. The molecule has 2 aromatic rings. The van der Waals surface area contributed by atoms with Crippen molar-refractivity contribution in [3.63, 3.8) is 0 Å². The summed E-state index contributed by atoms with van der Waals surface area (Å²) in [5.74, 6) is -0.235. The zero-order valence-corrected chi connectivity index (χ0v) is 14.1. The fourth-order valence-corrected chi connectivity index (χ4v) is 3.68. The first kappa shape index (κ1) is 16.6. The molecule has 0 radical (unpaired) electrons. The fourth-order valence-electron chi connectivity index (χ4n) is 2.87. The predicted octanol–water partition coefficient (Wildman–Crippen LogP) is 1.33. The quantitative estimate of drug-likeness (QED) is 0.801. The second-order valence-corrected chi connectivity index (χ2v) is 6.74. The number of thiazole rings is 1. The minimum absolute atomic E-state index is 0.213. The van der Waals surface area contributed by atoms with Crippen molar-refractivity contribution in [1.82, 2.24) is 15.2 Å². The molecule has 24 heavy (non-hydrogen) atoms. The van der Waals surface area contributed by atoms with Crippen molar-refractivity contribution in [2.45, 2.75) is 32.0 Å². The van der Waals surface area contributed by atoms with E-state index in [1.54, 1.807) is 11.3 Å². The third-order valence-corrected chi connectivity index (χ3v) is 5.16. The average Bonchev–Trinajstić information content (AvgIpc) is 3.18. The van der Waals surface area contributed by atoms with E-state index in [2.05, 4.69) is 10.3 Å². The van der Waals surface area contributed by atoms with Gasteiger partial charge in [0.15, 0.2) is 0 Å². The molecule has 0 bridgehead atoms. The van der Waals surface area contributed by atoms with Gasteiger partial charge in [0, 0.05) is 19.5 Å². The Balaban J connectivity index is 1.60. The number of β-amino-alcohol motifs (C(OH)–C–C–N with tert-alkyl or cyclic N) is 1. The van der Waals surface area contributed by atoms with Gasteiger partial charge < -0.3 is 15.3 Å². The molecule has 1 aliphatic heterocycles. The molecular formula is C17H19N3O3S. The lowest BCUT2D eigenvalue weighted by molar-refractivity contribution is -0.131. The number of benzene rings is 1. The SMILES string of the molecule is Cc1ncsc1-c1ccc(CNC(=O)C2CC(O)CN2C=O)cc1. The number of nitrogens with zero attached hydrogens (tertiary/aromatic N) is 2. The van der Waals surface area contributed by atoms with E-state index in [0.717, 1.165) is 21.7 Å². The van der Waals surface area contributed by atoms with E-state index in [4.69, 9.17) is 0 Å². The summed E-state index contributed by atoms with van der Waals surface area (Å²) >= 11 is 1.60. The van der Waals surface area contributed by atoms with Gasteiger partial charge in [-0.15, -0.1) is 11.3 Å². The van der Waals surface area contributed by atoms with Crippen LogP contribution >= 0.6 is 11.3 Å². The van der Waals surface area contributed by atoms with Crippen LogP contribution in [-0.4, -0.2) is 46.0 Å². The summed E-state index contributed by atoms with van der Waals surface area (Å²) < 4.78 is 0. The maximum absolute atomic E-state index is 12.2. The topological polar surface area (TPSA) is 82.5 Å². The number of rotatable bonds is 5. The largest absolute Gasteiger partial charge is 0.391 e. The number of hydrogen-bond donors (Lipinski definition) is 2. The van der Waals surface area contributed by atoms with Crippen LogP contribution in [0.25, 0.3) is 10.4 Å². The van der Waals surface area contributed by atoms with E-state index in [-0.39, 0.29) is 18.9 Å². The summed E-state index contributed by atoms with van der Waals surface area (Å²) in [4.78, 5) is 29.9. The molecule has 2 amide bonds. The van der Waals surface area contributed by atoms with Gasteiger partial charge in [-0.1, -0.05) is 24.3 Å². The second kappa shape index (κ2) is 7.11. The third kappa shape index (κ3) is 3.47. The molecule has 126 valence electrons. The maximum atomic E-state index is 12.2. The molecule has 2 unspecified atom stereocenters. The predicted molar refractivity (Wildman–Crippen MR) is 91.3 cm³/mol. The van der Waals surface area contributed by atoms with Crippen LogP contribution in [0.4, 0.5) is 0 Å². The van der Waals surface area contributed by atoms with Gasteiger partial charge in [-0.3, -0.25) is 9.59 Å². The molecule has 0 aliphatic carbocycles. The first-order chi connectivity index (χ1) is 11.6. The Hall–Kier alpha value is -2.25. The number of likely N-dealkylation sites (tertiary alicyclic amines) is 1. The smallest absolute Gasteiger partial charge is 0.243 e. The van der Waals surface area contributed by atoms with Gasteiger partial charge in [0.05, 0.1) is 22.2 Å². The van der Waals surface area contributed by atoms with Crippen molar-refractivity contribution in [1.29, 1.82) is 0 Å². The van der Waals surface area contributed by atoms with E-state index in [1.165, 1.54) is 4.90 Å². The molecule has 1 aromatic heterocycles. The van der Waals surface area contributed by atoms with Crippen LogP contribution in [0.15, 0.2) is 29.8 Å². The van der Waals surface area contributed by atoms with E-state index in [0.29, 0.717) is 13.0 Å². The molecule has 2 atom stereocenters. The van der Waals surface area contributed by atoms with Crippen molar-refractivity contribution < 1.29 is 14.7 Å². The van der Waals surface area contributed by atoms with Crippen LogP contribution in [0.1, 0.15) is 17.7 Å². The van der Waals surface area contributed by atoms with E-state index < -0.39 is 12.1 Å². The number of hydrogen-bond acceptors (Lipinski definition) is 5. The molecule has 1 aliphatic rings. The Morgan fingerprint density at radius 2 is 2.21 bits per heavy atom. The molecule has 0 spiro atoms. The van der Waals surface area contributed by atoms with Crippen molar-refractivity contribution in [3.05, 3.63) is 41.0 Å². The van der Waals surface area contributed by atoms with Crippen LogP contribution in [0, 0.1) is 6.92 Å². The van der Waals surface area contributed by atoms with Crippen molar-refractivity contribution in [2.75, 3.05) is 6.54 Å². The van der Waals surface area contributed by atoms with Gasteiger partial charge >= 0.3 is 0 Å². The molecule has 0 saturated carbocycles. The fraction of sp³-hybridized carbons (Fsp3) is 0.353. The molecule has 6 nitrogen and oxygen atoms in total. The number of carbonyl (C=O) groups excluding carboxylic acids is 2. The lowest BCUT2D eigenvalue weighted by Crippen LogP contribution is -2.42. The lowest BCUT2D eigenvalue weighted by atomic mass is 10.1. The summed E-state index contributed by atoms with van der Waals surface area (Å²) in [6.07, 6.45) is 0.272. The Morgan fingerprint density at radius 1 is 1.46 bits per heavy atom. The number of aromatic nitrogens is 1. The Labute approximate surface area is 144 Å². The number of aryl methyl sites for hydroxylation is 1. The normalized spacial score (nSPS) is 20.2. The molecule has 2 heterocycles. The van der Waals surface area contributed by atoms with Gasteiger partial charge in [-0.25, -0.2) is 4.98 Å². The molecule has 2 N–H and O–H groups in total. The van der Waals surface area contributed by atoms with Gasteiger partial charge in [-0.2, -0.15) is 0 Å². The van der Waals surface area contributed by atoms with Crippen LogP contribution < -0.4 is 5.32 Å².